The van der Waals surface area contributed by atoms with E-state index < -0.39 is 0 Å². The Morgan fingerprint density at radius 1 is 1.14 bits per heavy atom. The van der Waals surface area contributed by atoms with E-state index in [1.165, 1.54) is 12.7 Å². The van der Waals surface area contributed by atoms with Crippen molar-refractivity contribution >= 4 is 5.97 Å². The van der Waals surface area contributed by atoms with Crippen LogP contribution in [-0.2, 0) is 9.47 Å². The molecule has 0 saturated carbocycles. The molecule has 0 spiro atoms. The smallest absolute Gasteiger partial charge is 0.338 e. The Morgan fingerprint density at radius 2 is 1.86 bits per heavy atom. The third-order valence-corrected chi connectivity index (χ3v) is 4.65. The molecule has 0 N–H and O–H groups in total. The van der Waals surface area contributed by atoms with E-state index in [1.807, 2.05) is 6.08 Å². The standard InChI is InChI=1S/C19H18O3/c1-10(2)11-5-4-6-12-13(9-11)17(19(20)21-3)18-15-8-7-14(22-15)16(12)18/h4-10,14-15H,1-3H3/t14-,15+/m1/s1. The fourth-order valence-corrected chi connectivity index (χ4v) is 3.57. The van der Waals surface area contributed by atoms with Crippen LogP contribution >= 0.6 is 0 Å². The lowest BCUT2D eigenvalue weighted by Crippen LogP contribution is -2.06. The number of esters is 1. The zero-order valence-electron chi connectivity index (χ0n) is 12.9. The minimum absolute atomic E-state index is 0.0363. The van der Waals surface area contributed by atoms with E-state index in [-0.39, 0.29) is 18.2 Å². The van der Waals surface area contributed by atoms with Crippen LogP contribution in [0, 0.1) is 0 Å². The monoisotopic (exact) mass is 294 g/mol. The normalized spacial score (nSPS) is 21.6. The van der Waals surface area contributed by atoms with Gasteiger partial charge in [-0.3, -0.25) is 0 Å². The van der Waals surface area contributed by atoms with Crippen LogP contribution in [0.25, 0.3) is 11.1 Å². The summed E-state index contributed by atoms with van der Waals surface area (Å²) in [5.41, 5.74) is 6.09. The summed E-state index contributed by atoms with van der Waals surface area (Å²) in [5, 5.41) is 0. The second kappa shape index (κ2) is 4.68. The molecular weight excluding hydrogens is 276 g/mol. The largest absolute Gasteiger partial charge is 0.465 e. The molecule has 0 aromatic carbocycles. The zero-order valence-corrected chi connectivity index (χ0v) is 12.9. The maximum atomic E-state index is 12.4. The van der Waals surface area contributed by atoms with Crippen molar-refractivity contribution in [3.05, 3.63) is 58.7 Å². The number of carbonyl (C=O) groups is 1. The van der Waals surface area contributed by atoms with Gasteiger partial charge in [-0.15, -0.1) is 0 Å². The molecule has 22 heavy (non-hydrogen) atoms. The summed E-state index contributed by atoms with van der Waals surface area (Å²) in [6.07, 6.45) is 3.95. The van der Waals surface area contributed by atoms with E-state index >= 15 is 0 Å². The van der Waals surface area contributed by atoms with E-state index in [9.17, 15) is 4.79 Å². The molecule has 112 valence electrons. The Kier molecular flexibility index (Phi) is 2.88. The van der Waals surface area contributed by atoms with Gasteiger partial charge in [0.2, 0.25) is 0 Å². The Bertz CT molecular complexity index is 773. The highest BCUT2D eigenvalue weighted by Gasteiger charge is 2.43. The Morgan fingerprint density at radius 3 is 2.55 bits per heavy atom. The van der Waals surface area contributed by atoms with Gasteiger partial charge in [0.1, 0.15) is 12.2 Å². The molecule has 3 heteroatoms. The first-order valence-electron chi connectivity index (χ1n) is 7.63. The van der Waals surface area contributed by atoms with Gasteiger partial charge in [0.25, 0.3) is 0 Å². The summed E-state index contributed by atoms with van der Waals surface area (Å²) in [6.45, 7) is 4.31. The van der Waals surface area contributed by atoms with Crippen LogP contribution in [0.2, 0.25) is 0 Å². The first-order valence-corrected chi connectivity index (χ1v) is 7.63. The number of carbonyl (C=O) groups excluding carboxylic acids is 1. The summed E-state index contributed by atoms with van der Waals surface area (Å²) in [5.74, 6) is 0.119. The van der Waals surface area contributed by atoms with E-state index in [2.05, 4.69) is 44.2 Å². The minimum Gasteiger partial charge on any atom is -0.465 e. The molecule has 0 unspecified atom stereocenters. The number of hydrogen-bond acceptors (Lipinski definition) is 3. The predicted molar refractivity (Wildman–Crippen MR) is 84.2 cm³/mol. The molecule has 0 radical (unpaired) electrons. The van der Waals surface area contributed by atoms with Crippen molar-refractivity contribution in [1.82, 2.24) is 0 Å². The Hall–Kier alpha value is -2.13. The molecule has 0 aromatic rings. The summed E-state index contributed by atoms with van der Waals surface area (Å²) < 4.78 is 11.0. The van der Waals surface area contributed by atoms with Crippen LogP contribution in [-0.4, -0.2) is 13.1 Å². The number of rotatable bonds is 2. The lowest BCUT2D eigenvalue weighted by atomic mass is 9.98. The molecule has 0 fully saturated rings. The SMILES string of the molecule is COC(=O)c1c2cc(C(C)C)cccc-2c2c1[C@@H]1C=C[C@H]2O1. The van der Waals surface area contributed by atoms with Gasteiger partial charge in [0, 0.05) is 5.56 Å². The van der Waals surface area contributed by atoms with Crippen molar-refractivity contribution in [1.29, 1.82) is 0 Å². The predicted octanol–water partition coefficient (Wildman–Crippen LogP) is 4.38. The van der Waals surface area contributed by atoms with Crippen molar-refractivity contribution in [2.45, 2.75) is 32.0 Å². The van der Waals surface area contributed by atoms with Crippen LogP contribution in [0.3, 0.4) is 0 Å². The second-order valence-corrected chi connectivity index (χ2v) is 6.21. The zero-order chi connectivity index (χ0) is 15.4. The van der Waals surface area contributed by atoms with E-state index in [0.717, 1.165) is 22.3 Å². The van der Waals surface area contributed by atoms with Gasteiger partial charge >= 0.3 is 5.97 Å². The fourth-order valence-electron chi connectivity index (χ4n) is 3.57. The summed E-state index contributed by atoms with van der Waals surface area (Å²) >= 11 is 0. The summed E-state index contributed by atoms with van der Waals surface area (Å²) in [7, 11) is 1.43. The summed E-state index contributed by atoms with van der Waals surface area (Å²) in [4.78, 5) is 12.4. The third-order valence-electron chi connectivity index (χ3n) is 4.65. The highest BCUT2D eigenvalue weighted by molar-refractivity contribution is 6.03. The average Bonchev–Trinajstić information content (AvgIpc) is 3.13. The van der Waals surface area contributed by atoms with Gasteiger partial charge in [0.05, 0.1) is 12.7 Å². The van der Waals surface area contributed by atoms with Crippen molar-refractivity contribution in [2.24, 2.45) is 0 Å². The lowest BCUT2D eigenvalue weighted by Gasteiger charge is -2.09. The lowest BCUT2D eigenvalue weighted by molar-refractivity contribution is 0.0589. The van der Waals surface area contributed by atoms with E-state index in [1.54, 1.807) is 0 Å². The highest BCUT2D eigenvalue weighted by Crippen LogP contribution is 2.55. The number of fused-ring (bicyclic) bond motifs is 7. The first-order chi connectivity index (χ1) is 10.6. The van der Waals surface area contributed by atoms with Crippen LogP contribution in [0.4, 0.5) is 0 Å². The second-order valence-electron chi connectivity index (χ2n) is 6.21. The van der Waals surface area contributed by atoms with Gasteiger partial charge in [-0.2, -0.15) is 0 Å². The molecule has 0 amide bonds. The van der Waals surface area contributed by atoms with Crippen molar-refractivity contribution in [3.63, 3.8) is 0 Å². The number of ether oxygens (including phenoxy) is 2. The highest BCUT2D eigenvalue weighted by atomic mass is 16.5. The van der Waals surface area contributed by atoms with Gasteiger partial charge in [0.15, 0.2) is 0 Å². The van der Waals surface area contributed by atoms with E-state index in [4.69, 9.17) is 9.47 Å². The molecule has 0 aromatic heterocycles. The molecule has 2 aliphatic heterocycles. The van der Waals surface area contributed by atoms with Gasteiger partial charge < -0.3 is 9.47 Å². The quantitative estimate of drug-likeness (QED) is 0.609. The molecule has 2 heterocycles. The Labute approximate surface area is 129 Å². The minimum atomic E-state index is -0.281. The molecule has 2 bridgehead atoms. The average molecular weight is 294 g/mol. The van der Waals surface area contributed by atoms with Gasteiger partial charge in [-0.05, 0) is 28.2 Å². The maximum Gasteiger partial charge on any atom is 0.338 e. The van der Waals surface area contributed by atoms with E-state index in [0.29, 0.717) is 11.5 Å². The van der Waals surface area contributed by atoms with Crippen LogP contribution in [0.5, 0.6) is 0 Å². The topological polar surface area (TPSA) is 35.5 Å². The summed E-state index contributed by atoms with van der Waals surface area (Å²) in [6, 6.07) is 8.39. The van der Waals surface area contributed by atoms with Crippen LogP contribution in [0.15, 0.2) is 36.4 Å². The molecule has 3 nitrogen and oxygen atoms in total. The van der Waals surface area contributed by atoms with Crippen LogP contribution in [0.1, 0.15) is 59.0 Å². The molecular formula is C19H18O3. The molecule has 0 saturated heterocycles. The Balaban J connectivity index is 2.05. The molecule has 2 aliphatic carbocycles. The number of methoxy groups -OCH3 is 1. The van der Waals surface area contributed by atoms with Crippen LogP contribution < -0.4 is 0 Å². The van der Waals surface area contributed by atoms with Gasteiger partial charge in [-0.25, -0.2) is 4.79 Å². The molecule has 2 atom stereocenters. The maximum absolute atomic E-state index is 12.4. The van der Waals surface area contributed by atoms with Crippen molar-refractivity contribution < 1.29 is 14.3 Å². The van der Waals surface area contributed by atoms with Crippen molar-refractivity contribution in [3.8, 4) is 11.1 Å². The van der Waals surface area contributed by atoms with Crippen molar-refractivity contribution in [2.75, 3.05) is 7.11 Å². The molecule has 4 rings (SSSR count). The third kappa shape index (κ3) is 1.69. The number of hydrogen-bond donors (Lipinski definition) is 0. The fraction of sp³-hybridized carbons (Fsp3) is 0.316. The first kappa shape index (κ1) is 13.5. The molecule has 4 aliphatic rings. The van der Waals surface area contributed by atoms with Gasteiger partial charge in [-0.1, -0.05) is 50.3 Å².